The first kappa shape index (κ1) is 17.1. The maximum absolute atomic E-state index is 12.5. The number of hydrogen-bond donors (Lipinski definition) is 1. The highest BCUT2D eigenvalue weighted by molar-refractivity contribution is 5.81. The van der Waals surface area contributed by atoms with Crippen LogP contribution < -0.4 is 10.1 Å². The molecule has 0 saturated heterocycles. The lowest BCUT2D eigenvalue weighted by Crippen LogP contribution is -2.39. The van der Waals surface area contributed by atoms with Gasteiger partial charge in [-0.15, -0.1) is 0 Å². The summed E-state index contributed by atoms with van der Waals surface area (Å²) in [6.45, 7) is 6.09. The van der Waals surface area contributed by atoms with Gasteiger partial charge in [0.15, 0.2) is 6.10 Å². The molecule has 0 spiro atoms. The molecule has 2 aromatic carbocycles. The number of ether oxygens (including phenoxy) is 1. The third-order valence-electron chi connectivity index (χ3n) is 3.65. The van der Waals surface area contributed by atoms with Crippen molar-refractivity contribution in [1.29, 1.82) is 0 Å². The van der Waals surface area contributed by atoms with Crippen molar-refractivity contribution < 1.29 is 9.53 Å². The Labute approximate surface area is 138 Å². The maximum Gasteiger partial charge on any atom is 0.261 e. The van der Waals surface area contributed by atoms with Crippen molar-refractivity contribution in [3.8, 4) is 5.75 Å². The summed E-state index contributed by atoms with van der Waals surface area (Å²) in [5.41, 5.74) is 1.13. The Bertz CT molecular complexity index is 596. The second-order valence-corrected chi connectivity index (χ2v) is 6.17. The summed E-state index contributed by atoms with van der Waals surface area (Å²) in [6.07, 6.45) is 0.365. The average molecular weight is 311 g/mol. The van der Waals surface area contributed by atoms with E-state index in [1.165, 1.54) is 0 Å². The second kappa shape index (κ2) is 8.37. The van der Waals surface area contributed by atoms with E-state index < -0.39 is 6.10 Å². The van der Waals surface area contributed by atoms with E-state index in [-0.39, 0.29) is 11.9 Å². The van der Waals surface area contributed by atoms with Crippen LogP contribution in [0.25, 0.3) is 0 Å². The number of benzene rings is 2. The minimum Gasteiger partial charge on any atom is -0.481 e. The lowest BCUT2D eigenvalue weighted by atomic mass is 9.97. The van der Waals surface area contributed by atoms with Gasteiger partial charge in [-0.05, 0) is 37.0 Å². The summed E-state index contributed by atoms with van der Waals surface area (Å²) in [4.78, 5) is 12.5. The van der Waals surface area contributed by atoms with Gasteiger partial charge in [0.2, 0.25) is 0 Å². The molecule has 0 saturated carbocycles. The van der Waals surface area contributed by atoms with Crippen LogP contribution in [0.5, 0.6) is 5.75 Å². The zero-order chi connectivity index (χ0) is 16.7. The number of carbonyl (C=O) groups is 1. The van der Waals surface area contributed by atoms with Crippen molar-refractivity contribution in [2.45, 2.75) is 39.3 Å². The van der Waals surface area contributed by atoms with Gasteiger partial charge in [-0.3, -0.25) is 4.79 Å². The molecule has 122 valence electrons. The Balaban J connectivity index is 2.02. The Morgan fingerprint density at radius 2 is 1.52 bits per heavy atom. The molecule has 23 heavy (non-hydrogen) atoms. The van der Waals surface area contributed by atoms with Gasteiger partial charge in [0.1, 0.15) is 5.75 Å². The predicted octanol–water partition coefficient (Wildman–Crippen LogP) is 4.36. The molecule has 2 atom stereocenters. The van der Waals surface area contributed by atoms with Gasteiger partial charge < -0.3 is 10.1 Å². The van der Waals surface area contributed by atoms with E-state index in [2.05, 4.69) is 31.3 Å². The molecule has 3 nitrogen and oxygen atoms in total. The SMILES string of the molecule is CC(C)C[C@H](NC(=O)[C@@H](C)Oc1ccccc1)c1ccccc1. The molecule has 0 bridgehead atoms. The smallest absolute Gasteiger partial charge is 0.261 e. The standard InChI is InChI=1S/C20H25NO2/c1-15(2)14-19(17-10-6-4-7-11-17)21-20(22)16(3)23-18-12-8-5-9-13-18/h4-13,15-16,19H,14H2,1-3H3,(H,21,22)/t16-,19+/m1/s1. The monoisotopic (exact) mass is 311 g/mol. The predicted molar refractivity (Wildman–Crippen MR) is 93.3 cm³/mol. The number of nitrogens with one attached hydrogen (secondary N) is 1. The highest BCUT2D eigenvalue weighted by Gasteiger charge is 2.21. The number of para-hydroxylation sites is 1. The normalized spacial score (nSPS) is 13.4. The maximum atomic E-state index is 12.5. The van der Waals surface area contributed by atoms with E-state index in [0.29, 0.717) is 11.7 Å². The molecule has 0 fully saturated rings. The number of hydrogen-bond acceptors (Lipinski definition) is 2. The molecule has 2 rings (SSSR count). The van der Waals surface area contributed by atoms with Crippen molar-refractivity contribution in [3.05, 3.63) is 66.2 Å². The molecule has 3 heteroatoms. The largest absolute Gasteiger partial charge is 0.481 e. The van der Waals surface area contributed by atoms with Gasteiger partial charge >= 0.3 is 0 Å². The molecule has 0 radical (unpaired) electrons. The molecule has 0 aliphatic rings. The van der Waals surface area contributed by atoms with Crippen molar-refractivity contribution in [2.24, 2.45) is 5.92 Å². The fraction of sp³-hybridized carbons (Fsp3) is 0.350. The Morgan fingerprint density at radius 1 is 0.957 bits per heavy atom. The number of amides is 1. The Hall–Kier alpha value is -2.29. The van der Waals surface area contributed by atoms with Gasteiger partial charge in [0, 0.05) is 0 Å². The zero-order valence-corrected chi connectivity index (χ0v) is 14.0. The van der Waals surface area contributed by atoms with Crippen molar-refractivity contribution in [1.82, 2.24) is 5.32 Å². The summed E-state index contributed by atoms with van der Waals surface area (Å²) < 4.78 is 5.71. The van der Waals surface area contributed by atoms with Crippen LogP contribution >= 0.6 is 0 Å². The summed E-state index contributed by atoms with van der Waals surface area (Å²) in [7, 11) is 0. The Kier molecular flexibility index (Phi) is 6.21. The van der Waals surface area contributed by atoms with Crippen LogP contribution in [0.4, 0.5) is 0 Å². The van der Waals surface area contributed by atoms with Gasteiger partial charge in [0.05, 0.1) is 6.04 Å². The molecule has 0 unspecified atom stereocenters. The van der Waals surface area contributed by atoms with E-state index >= 15 is 0 Å². The fourth-order valence-corrected chi connectivity index (χ4v) is 2.48. The molecule has 2 aromatic rings. The highest BCUT2D eigenvalue weighted by Crippen LogP contribution is 2.21. The highest BCUT2D eigenvalue weighted by atomic mass is 16.5. The molecule has 0 aliphatic carbocycles. The van der Waals surface area contributed by atoms with Crippen LogP contribution in [0.1, 0.15) is 38.8 Å². The van der Waals surface area contributed by atoms with E-state index in [9.17, 15) is 4.79 Å². The second-order valence-electron chi connectivity index (χ2n) is 6.17. The summed E-state index contributed by atoms with van der Waals surface area (Å²) in [6, 6.07) is 19.5. The van der Waals surface area contributed by atoms with Gasteiger partial charge in [-0.1, -0.05) is 62.4 Å². The topological polar surface area (TPSA) is 38.3 Å². The minimum absolute atomic E-state index is 0.00511. The number of rotatable bonds is 7. The van der Waals surface area contributed by atoms with Crippen LogP contribution in [0.3, 0.4) is 0 Å². The van der Waals surface area contributed by atoms with E-state index in [1.807, 2.05) is 48.5 Å². The number of carbonyl (C=O) groups excluding carboxylic acids is 1. The van der Waals surface area contributed by atoms with Gasteiger partial charge in [-0.25, -0.2) is 0 Å². The molecule has 1 amide bonds. The molecule has 0 heterocycles. The van der Waals surface area contributed by atoms with Crippen LogP contribution in [0.2, 0.25) is 0 Å². The first-order valence-corrected chi connectivity index (χ1v) is 8.13. The third-order valence-corrected chi connectivity index (χ3v) is 3.65. The molecular weight excluding hydrogens is 286 g/mol. The van der Waals surface area contributed by atoms with E-state index in [4.69, 9.17) is 4.74 Å². The molecule has 0 aromatic heterocycles. The van der Waals surface area contributed by atoms with E-state index in [0.717, 1.165) is 12.0 Å². The first-order chi connectivity index (χ1) is 11.1. The van der Waals surface area contributed by atoms with Crippen LogP contribution in [-0.2, 0) is 4.79 Å². The van der Waals surface area contributed by atoms with Crippen molar-refractivity contribution in [2.75, 3.05) is 0 Å². The fourth-order valence-electron chi connectivity index (χ4n) is 2.48. The van der Waals surface area contributed by atoms with Gasteiger partial charge in [0.25, 0.3) is 5.91 Å². The summed E-state index contributed by atoms with van der Waals surface area (Å²) in [5, 5.41) is 3.12. The lowest BCUT2D eigenvalue weighted by Gasteiger charge is -2.23. The van der Waals surface area contributed by atoms with Crippen LogP contribution in [-0.4, -0.2) is 12.0 Å². The van der Waals surface area contributed by atoms with Gasteiger partial charge in [-0.2, -0.15) is 0 Å². The first-order valence-electron chi connectivity index (χ1n) is 8.13. The van der Waals surface area contributed by atoms with Crippen LogP contribution in [0.15, 0.2) is 60.7 Å². The summed E-state index contributed by atoms with van der Waals surface area (Å²) >= 11 is 0. The van der Waals surface area contributed by atoms with Crippen LogP contribution in [0, 0.1) is 5.92 Å². The van der Waals surface area contributed by atoms with Crippen molar-refractivity contribution in [3.63, 3.8) is 0 Å². The minimum atomic E-state index is -0.532. The zero-order valence-electron chi connectivity index (χ0n) is 14.0. The summed E-state index contributed by atoms with van der Waals surface area (Å²) in [5.74, 6) is 1.10. The average Bonchev–Trinajstić information content (AvgIpc) is 2.55. The molecular formula is C20H25NO2. The molecule has 1 N–H and O–H groups in total. The Morgan fingerprint density at radius 3 is 2.09 bits per heavy atom. The van der Waals surface area contributed by atoms with Crippen molar-refractivity contribution >= 4 is 5.91 Å². The third kappa shape index (κ3) is 5.44. The quantitative estimate of drug-likeness (QED) is 0.825. The molecule has 0 aliphatic heterocycles. The lowest BCUT2D eigenvalue weighted by molar-refractivity contribution is -0.128. The van der Waals surface area contributed by atoms with E-state index in [1.54, 1.807) is 6.92 Å².